The minimum absolute atomic E-state index is 0.413. The number of aryl methyl sites for hydroxylation is 4. The summed E-state index contributed by atoms with van der Waals surface area (Å²) in [5.41, 5.74) is 4.02. The molecular weight excluding hydrogens is 328 g/mol. The number of halogens is 2. The lowest BCUT2D eigenvalue weighted by Gasteiger charge is -2.10. The fraction of sp³-hybridized carbons (Fsp3) is 0.357. The fourth-order valence-corrected chi connectivity index (χ4v) is 2.42. The Bertz CT molecular complexity index is 599. The van der Waals surface area contributed by atoms with Crippen LogP contribution in [-0.2, 0) is 13.7 Å². The summed E-state index contributed by atoms with van der Waals surface area (Å²) in [5.74, 6) is 0.841. The van der Waals surface area contributed by atoms with E-state index in [4.69, 9.17) is 16.3 Å². The predicted octanol–water partition coefficient (Wildman–Crippen LogP) is 4.34. The van der Waals surface area contributed by atoms with Crippen LogP contribution in [0.15, 0.2) is 16.6 Å². The normalized spacial score (nSPS) is 10.8. The topological polar surface area (TPSA) is 27.1 Å². The van der Waals surface area contributed by atoms with Gasteiger partial charge in [-0.1, -0.05) is 27.5 Å². The summed E-state index contributed by atoms with van der Waals surface area (Å²) in [7, 11) is 1.87. The lowest BCUT2D eigenvalue weighted by Crippen LogP contribution is -2.04. The van der Waals surface area contributed by atoms with Gasteiger partial charge < -0.3 is 4.74 Å². The van der Waals surface area contributed by atoms with Gasteiger partial charge in [-0.2, -0.15) is 5.10 Å². The highest BCUT2D eigenvalue weighted by molar-refractivity contribution is 9.10. The molecule has 0 spiro atoms. The Morgan fingerprint density at radius 2 is 1.84 bits per heavy atom. The van der Waals surface area contributed by atoms with E-state index in [1.807, 2.05) is 40.0 Å². The maximum absolute atomic E-state index is 6.20. The second-order valence-corrected chi connectivity index (χ2v) is 5.80. The van der Waals surface area contributed by atoms with Crippen molar-refractivity contribution in [1.29, 1.82) is 0 Å². The molecule has 0 atom stereocenters. The third kappa shape index (κ3) is 2.95. The number of nitrogens with zero attached hydrogens (tertiary/aromatic N) is 2. The minimum atomic E-state index is 0.413. The van der Waals surface area contributed by atoms with Crippen LogP contribution in [0.25, 0.3) is 0 Å². The van der Waals surface area contributed by atoms with E-state index in [0.29, 0.717) is 11.6 Å². The van der Waals surface area contributed by atoms with Crippen molar-refractivity contribution in [3.63, 3.8) is 0 Å². The molecular formula is C14H16BrClN2O. The van der Waals surface area contributed by atoms with Gasteiger partial charge in [0, 0.05) is 11.5 Å². The lowest BCUT2D eigenvalue weighted by atomic mass is 10.1. The summed E-state index contributed by atoms with van der Waals surface area (Å²) in [4.78, 5) is 0. The van der Waals surface area contributed by atoms with E-state index in [1.165, 1.54) is 0 Å². The van der Waals surface area contributed by atoms with Gasteiger partial charge in [0.2, 0.25) is 0 Å². The Morgan fingerprint density at radius 1 is 1.26 bits per heavy atom. The van der Waals surface area contributed by atoms with E-state index < -0.39 is 0 Å². The highest BCUT2D eigenvalue weighted by atomic mass is 79.9. The summed E-state index contributed by atoms with van der Waals surface area (Å²) in [5, 5.41) is 4.94. The molecule has 1 heterocycles. The third-order valence-electron chi connectivity index (χ3n) is 3.05. The van der Waals surface area contributed by atoms with Crippen molar-refractivity contribution in [1.82, 2.24) is 9.78 Å². The smallest absolute Gasteiger partial charge is 0.131 e. The Labute approximate surface area is 126 Å². The Hall–Kier alpha value is -1.00. The van der Waals surface area contributed by atoms with E-state index in [0.717, 1.165) is 32.7 Å². The average molecular weight is 344 g/mol. The van der Waals surface area contributed by atoms with Crippen molar-refractivity contribution in [3.8, 4) is 5.75 Å². The summed E-state index contributed by atoms with van der Waals surface area (Å²) in [6.45, 7) is 6.40. The van der Waals surface area contributed by atoms with Gasteiger partial charge >= 0.3 is 0 Å². The van der Waals surface area contributed by atoms with Crippen LogP contribution in [0.2, 0.25) is 5.02 Å². The van der Waals surface area contributed by atoms with E-state index in [9.17, 15) is 0 Å². The molecule has 0 unspecified atom stereocenters. The van der Waals surface area contributed by atoms with E-state index in [2.05, 4.69) is 21.0 Å². The molecule has 1 aromatic heterocycles. The first kappa shape index (κ1) is 14.4. The number of hydrogen-bond acceptors (Lipinski definition) is 2. The summed E-state index contributed by atoms with van der Waals surface area (Å²) >= 11 is 9.74. The molecule has 0 N–H and O–H groups in total. The van der Waals surface area contributed by atoms with Crippen molar-refractivity contribution in [2.45, 2.75) is 27.4 Å². The zero-order chi connectivity index (χ0) is 14.2. The number of aromatic nitrogens is 2. The Morgan fingerprint density at radius 3 is 2.32 bits per heavy atom. The SMILES string of the molecule is Cc1cc(OCc2c(Cl)c(C)nn2C)cc(C)c1Br. The van der Waals surface area contributed by atoms with Gasteiger partial charge in [0.25, 0.3) is 0 Å². The Kier molecular flexibility index (Phi) is 4.21. The molecule has 0 radical (unpaired) electrons. The molecule has 102 valence electrons. The monoisotopic (exact) mass is 342 g/mol. The van der Waals surface area contributed by atoms with Gasteiger partial charge in [0.1, 0.15) is 12.4 Å². The molecule has 2 aromatic rings. The van der Waals surface area contributed by atoms with Gasteiger partial charge in [-0.3, -0.25) is 4.68 Å². The predicted molar refractivity (Wildman–Crippen MR) is 80.9 cm³/mol. The summed E-state index contributed by atoms with van der Waals surface area (Å²) in [6, 6.07) is 4.02. The van der Waals surface area contributed by atoms with Gasteiger partial charge in [-0.25, -0.2) is 0 Å². The van der Waals surface area contributed by atoms with Crippen molar-refractivity contribution in [3.05, 3.63) is 44.1 Å². The van der Waals surface area contributed by atoms with Gasteiger partial charge in [0.15, 0.2) is 0 Å². The van der Waals surface area contributed by atoms with Crippen molar-refractivity contribution in [2.24, 2.45) is 7.05 Å². The molecule has 0 saturated carbocycles. The molecule has 5 heteroatoms. The lowest BCUT2D eigenvalue weighted by molar-refractivity contribution is 0.294. The molecule has 3 nitrogen and oxygen atoms in total. The number of hydrogen-bond donors (Lipinski definition) is 0. The van der Waals surface area contributed by atoms with Gasteiger partial charge in [0.05, 0.1) is 16.4 Å². The average Bonchev–Trinajstić information content (AvgIpc) is 2.58. The number of rotatable bonds is 3. The maximum Gasteiger partial charge on any atom is 0.131 e. The first-order valence-electron chi connectivity index (χ1n) is 5.97. The summed E-state index contributed by atoms with van der Waals surface area (Å²) in [6.07, 6.45) is 0. The minimum Gasteiger partial charge on any atom is -0.487 e. The molecule has 0 fully saturated rings. The maximum atomic E-state index is 6.20. The van der Waals surface area contributed by atoms with Crippen molar-refractivity contribution < 1.29 is 4.74 Å². The largest absolute Gasteiger partial charge is 0.487 e. The quantitative estimate of drug-likeness (QED) is 0.829. The van der Waals surface area contributed by atoms with E-state index in [1.54, 1.807) is 4.68 Å². The van der Waals surface area contributed by atoms with Crippen LogP contribution in [0.5, 0.6) is 5.75 Å². The highest BCUT2D eigenvalue weighted by Crippen LogP contribution is 2.27. The molecule has 2 rings (SSSR count). The van der Waals surface area contributed by atoms with Crippen molar-refractivity contribution in [2.75, 3.05) is 0 Å². The van der Waals surface area contributed by atoms with Crippen LogP contribution in [0.4, 0.5) is 0 Å². The molecule has 19 heavy (non-hydrogen) atoms. The van der Waals surface area contributed by atoms with E-state index >= 15 is 0 Å². The molecule has 0 bridgehead atoms. The Balaban J connectivity index is 2.19. The molecule has 0 aliphatic carbocycles. The number of benzene rings is 1. The molecule has 1 aromatic carbocycles. The molecule has 0 aliphatic heterocycles. The van der Waals surface area contributed by atoms with Crippen LogP contribution in [-0.4, -0.2) is 9.78 Å². The zero-order valence-corrected chi connectivity index (χ0v) is 13.8. The molecule has 0 amide bonds. The van der Waals surface area contributed by atoms with Crippen LogP contribution in [0.3, 0.4) is 0 Å². The second-order valence-electron chi connectivity index (χ2n) is 4.63. The zero-order valence-electron chi connectivity index (χ0n) is 11.4. The van der Waals surface area contributed by atoms with Gasteiger partial charge in [-0.05, 0) is 44.0 Å². The van der Waals surface area contributed by atoms with Crippen LogP contribution >= 0.6 is 27.5 Å². The summed E-state index contributed by atoms with van der Waals surface area (Å²) < 4.78 is 8.70. The molecule has 0 saturated heterocycles. The second kappa shape index (κ2) is 5.55. The number of ether oxygens (including phenoxy) is 1. The third-order valence-corrected chi connectivity index (χ3v) is 4.79. The van der Waals surface area contributed by atoms with Crippen LogP contribution in [0, 0.1) is 20.8 Å². The first-order valence-corrected chi connectivity index (χ1v) is 7.14. The highest BCUT2D eigenvalue weighted by Gasteiger charge is 2.12. The van der Waals surface area contributed by atoms with Crippen molar-refractivity contribution >= 4 is 27.5 Å². The van der Waals surface area contributed by atoms with Crippen LogP contribution in [0.1, 0.15) is 22.5 Å². The molecule has 0 aliphatic rings. The fourth-order valence-electron chi connectivity index (χ4n) is 1.98. The first-order chi connectivity index (χ1) is 8.90. The standard InChI is InChI=1S/C14H16BrClN2O/c1-8-5-11(6-9(2)13(8)15)19-7-12-14(16)10(3)17-18(12)4/h5-6H,7H2,1-4H3. The van der Waals surface area contributed by atoms with Crippen LogP contribution < -0.4 is 4.74 Å². The van der Waals surface area contributed by atoms with E-state index in [-0.39, 0.29) is 0 Å². The van der Waals surface area contributed by atoms with Gasteiger partial charge in [-0.15, -0.1) is 0 Å².